The lowest BCUT2D eigenvalue weighted by atomic mass is 9.93. The average molecular weight is 698 g/mol. The van der Waals surface area contributed by atoms with Crippen LogP contribution >= 0.6 is 11.3 Å². The van der Waals surface area contributed by atoms with Gasteiger partial charge in [0.05, 0.1) is 47.7 Å². The Morgan fingerprint density at radius 3 is 2.24 bits per heavy atom. The fourth-order valence-corrected chi connectivity index (χ4v) is 7.35. The number of hydrogen-bond acceptors (Lipinski definition) is 8. The Morgan fingerprint density at radius 1 is 0.843 bits per heavy atom. The van der Waals surface area contributed by atoms with Crippen LogP contribution in [0.2, 0.25) is 0 Å². The Morgan fingerprint density at radius 2 is 1.53 bits per heavy atom. The Labute approximate surface area is 298 Å². The van der Waals surface area contributed by atoms with Gasteiger partial charge < -0.3 is 18.8 Å². The summed E-state index contributed by atoms with van der Waals surface area (Å²) in [5.41, 5.74) is 5.34. The van der Waals surface area contributed by atoms with Crippen LogP contribution < -0.4 is 19.6 Å². The fraction of sp³-hybridized carbons (Fsp3) is 0.171. The van der Waals surface area contributed by atoms with E-state index in [1.54, 1.807) is 37.7 Å². The Balaban J connectivity index is 1.37. The SMILES string of the molecule is CCOC(=O)C1=C(c2ccccc2)N=c2s/c(=C\c3cn(Cc4ccc(C(=O)OCC)cc4)c4ccccc34)c(=O)n2[C@@H]1c1ccc(OC)cc1. The summed E-state index contributed by atoms with van der Waals surface area (Å²) < 4.78 is 20.3. The number of thiazole rings is 1. The summed E-state index contributed by atoms with van der Waals surface area (Å²) in [5, 5.41) is 0.982. The van der Waals surface area contributed by atoms with Crippen molar-refractivity contribution in [2.75, 3.05) is 20.3 Å². The van der Waals surface area contributed by atoms with Crippen LogP contribution in [0, 0.1) is 0 Å². The maximum Gasteiger partial charge on any atom is 0.338 e. The summed E-state index contributed by atoms with van der Waals surface area (Å²) in [6, 6.07) is 31.5. The topological polar surface area (TPSA) is 101 Å². The molecule has 1 atom stereocenters. The minimum Gasteiger partial charge on any atom is -0.497 e. The predicted molar refractivity (Wildman–Crippen MR) is 197 cm³/mol. The molecule has 0 aliphatic carbocycles. The van der Waals surface area contributed by atoms with Gasteiger partial charge in [0.15, 0.2) is 4.80 Å². The van der Waals surface area contributed by atoms with Crippen LogP contribution in [0.5, 0.6) is 5.75 Å². The zero-order valence-corrected chi connectivity index (χ0v) is 29.2. The lowest BCUT2D eigenvalue weighted by Crippen LogP contribution is -2.40. The van der Waals surface area contributed by atoms with Crippen molar-refractivity contribution in [3.05, 3.63) is 162 Å². The van der Waals surface area contributed by atoms with Gasteiger partial charge in [-0.1, -0.05) is 84.1 Å². The first-order valence-corrected chi connectivity index (χ1v) is 17.5. The summed E-state index contributed by atoms with van der Waals surface area (Å²) in [6.07, 6.45) is 3.93. The molecule has 0 spiro atoms. The lowest BCUT2D eigenvalue weighted by Gasteiger charge is -2.26. The summed E-state index contributed by atoms with van der Waals surface area (Å²) in [4.78, 5) is 45.9. The maximum atomic E-state index is 14.5. The number of para-hydroxylation sites is 1. The van der Waals surface area contributed by atoms with E-state index in [4.69, 9.17) is 19.2 Å². The normalized spacial score (nSPS) is 14.3. The first-order chi connectivity index (χ1) is 24.9. The van der Waals surface area contributed by atoms with E-state index < -0.39 is 12.0 Å². The number of methoxy groups -OCH3 is 1. The molecule has 0 unspecified atom stereocenters. The molecule has 6 aromatic rings. The van der Waals surface area contributed by atoms with Gasteiger partial charge in [-0.15, -0.1) is 0 Å². The molecule has 10 heteroatoms. The number of carbonyl (C=O) groups is 2. The molecule has 51 heavy (non-hydrogen) atoms. The molecule has 0 bridgehead atoms. The molecule has 2 aromatic heterocycles. The van der Waals surface area contributed by atoms with Crippen molar-refractivity contribution >= 4 is 46.0 Å². The molecular weight excluding hydrogens is 663 g/mol. The lowest BCUT2D eigenvalue weighted by molar-refractivity contribution is -0.138. The zero-order valence-electron chi connectivity index (χ0n) is 28.4. The molecule has 0 radical (unpaired) electrons. The number of esters is 2. The summed E-state index contributed by atoms with van der Waals surface area (Å²) in [7, 11) is 1.59. The molecule has 1 aliphatic rings. The Bertz CT molecular complexity index is 2460. The molecule has 0 fully saturated rings. The van der Waals surface area contributed by atoms with E-state index in [1.807, 2.05) is 103 Å². The van der Waals surface area contributed by atoms with Crippen molar-refractivity contribution in [3.8, 4) is 5.75 Å². The van der Waals surface area contributed by atoms with Gasteiger partial charge in [-0.3, -0.25) is 9.36 Å². The molecule has 7 rings (SSSR count). The average Bonchev–Trinajstić information content (AvgIpc) is 3.67. The van der Waals surface area contributed by atoms with Crippen LogP contribution in [0.1, 0.15) is 52.5 Å². The highest BCUT2D eigenvalue weighted by atomic mass is 32.1. The Kier molecular flexibility index (Phi) is 9.50. The third-order valence-electron chi connectivity index (χ3n) is 8.73. The zero-order chi connectivity index (χ0) is 35.5. The van der Waals surface area contributed by atoms with E-state index in [1.165, 1.54) is 11.3 Å². The molecule has 9 nitrogen and oxygen atoms in total. The number of carbonyl (C=O) groups excluding carboxylic acids is 2. The van der Waals surface area contributed by atoms with Crippen LogP contribution in [0.15, 0.2) is 125 Å². The molecular formula is C41H35N3O6S. The number of benzene rings is 4. The van der Waals surface area contributed by atoms with Crippen LogP contribution in [-0.2, 0) is 20.8 Å². The van der Waals surface area contributed by atoms with E-state index in [-0.39, 0.29) is 23.7 Å². The highest BCUT2D eigenvalue weighted by Gasteiger charge is 2.35. The molecule has 0 saturated carbocycles. The third-order valence-corrected chi connectivity index (χ3v) is 9.71. The van der Waals surface area contributed by atoms with Gasteiger partial charge in [-0.25, -0.2) is 14.6 Å². The van der Waals surface area contributed by atoms with Crippen molar-refractivity contribution < 1.29 is 23.8 Å². The maximum absolute atomic E-state index is 14.5. The van der Waals surface area contributed by atoms with Gasteiger partial charge in [0, 0.05) is 34.8 Å². The minimum absolute atomic E-state index is 0.170. The smallest absolute Gasteiger partial charge is 0.338 e. The van der Waals surface area contributed by atoms with Crippen molar-refractivity contribution in [2.45, 2.75) is 26.4 Å². The van der Waals surface area contributed by atoms with Crippen molar-refractivity contribution in [3.63, 3.8) is 0 Å². The van der Waals surface area contributed by atoms with Crippen molar-refractivity contribution in [2.24, 2.45) is 4.99 Å². The number of rotatable bonds is 10. The van der Waals surface area contributed by atoms with Crippen LogP contribution in [0.25, 0.3) is 22.7 Å². The van der Waals surface area contributed by atoms with E-state index in [0.29, 0.717) is 39.5 Å². The third kappa shape index (κ3) is 6.53. The first kappa shape index (κ1) is 33.5. The van der Waals surface area contributed by atoms with Crippen molar-refractivity contribution in [1.29, 1.82) is 0 Å². The number of ether oxygens (including phenoxy) is 3. The standard InChI is InChI=1S/C41H35N3O6S/c1-4-49-39(46)29-17-15-26(16-18-29)24-43-25-30(32-13-9-10-14-33(32)43)23-34-38(45)44-37(28-19-21-31(48-3)22-20-28)35(40(47)50-5-2)36(42-41(44)51-34)27-11-7-6-8-12-27/h6-23,25,37H,4-5,24H2,1-3H3/b34-23-/t37-/m1/s1. The second-order valence-electron chi connectivity index (χ2n) is 11.9. The quantitative estimate of drug-likeness (QED) is 0.160. The van der Waals surface area contributed by atoms with E-state index >= 15 is 0 Å². The number of nitrogens with zero attached hydrogens (tertiary/aromatic N) is 3. The Hall–Kier alpha value is -6.00. The van der Waals surface area contributed by atoms with Crippen LogP contribution in [0.4, 0.5) is 0 Å². The number of fused-ring (bicyclic) bond motifs is 2. The molecule has 0 N–H and O–H groups in total. The summed E-state index contributed by atoms with van der Waals surface area (Å²) in [6.45, 7) is 4.58. The molecule has 0 saturated heterocycles. The number of hydrogen-bond donors (Lipinski definition) is 0. The van der Waals surface area contributed by atoms with Gasteiger partial charge in [0.2, 0.25) is 0 Å². The summed E-state index contributed by atoms with van der Waals surface area (Å²) in [5.74, 6) is -0.227. The first-order valence-electron chi connectivity index (χ1n) is 16.7. The highest BCUT2D eigenvalue weighted by molar-refractivity contribution is 7.07. The fourth-order valence-electron chi connectivity index (χ4n) is 6.36. The van der Waals surface area contributed by atoms with Crippen molar-refractivity contribution in [1.82, 2.24) is 9.13 Å². The second kappa shape index (κ2) is 14.5. The monoisotopic (exact) mass is 697 g/mol. The second-order valence-corrected chi connectivity index (χ2v) is 12.9. The van der Waals surface area contributed by atoms with Crippen LogP contribution in [0.3, 0.4) is 0 Å². The molecule has 3 heterocycles. The van der Waals surface area contributed by atoms with E-state index in [2.05, 4.69) is 4.57 Å². The predicted octanol–water partition coefficient (Wildman–Crippen LogP) is 6.12. The molecule has 4 aromatic carbocycles. The van der Waals surface area contributed by atoms with Gasteiger partial charge >= 0.3 is 11.9 Å². The van der Waals surface area contributed by atoms with E-state index in [9.17, 15) is 14.4 Å². The van der Waals surface area contributed by atoms with Crippen LogP contribution in [-0.4, -0.2) is 41.4 Å². The number of aromatic nitrogens is 2. The molecule has 256 valence electrons. The van der Waals surface area contributed by atoms with Gasteiger partial charge in [-0.05, 0) is 61.4 Å². The molecule has 0 amide bonds. The molecule has 1 aliphatic heterocycles. The van der Waals surface area contributed by atoms with Gasteiger partial charge in [0.25, 0.3) is 5.56 Å². The van der Waals surface area contributed by atoms with Gasteiger partial charge in [0.1, 0.15) is 5.75 Å². The minimum atomic E-state index is -0.789. The van der Waals surface area contributed by atoms with Gasteiger partial charge in [-0.2, -0.15) is 0 Å². The highest BCUT2D eigenvalue weighted by Crippen LogP contribution is 2.36. The largest absolute Gasteiger partial charge is 0.497 e. The van der Waals surface area contributed by atoms with E-state index in [0.717, 1.165) is 33.2 Å². The summed E-state index contributed by atoms with van der Waals surface area (Å²) >= 11 is 1.28.